The number of nitrogens with zero attached hydrogens (tertiary/aromatic N) is 1. The molecule has 0 aliphatic carbocycles. The Hall–Kier alpha value is -3.81. The van der Waals surface area contributed by atoms with Crippen LogP contribution in [0, 0.1) is 0 Å². The maximum absolute atomic E-state index is 13.6. The molecule has 1 amide bonds. The van der Waals surface area contributed by atoms with Crippen molar-refractivity contribution in [1.82, 2.24) is 9.88 Å². The van der Waals surface area contributed by atoms with Crippen molar-refractivity contribution in [3.63, 3.8) is 0 Å². The van der Waals surface area contributed by atoms with E-state index in [0.29, 0.717) is 27.8 Å². The van der Waals surface area contributed by atoms with E-state index < -0.39 is 23.5 Å². The Morgan fingerprint density at radius 1 is 0.969 bits per heavy atom. The lowest BCUT2D eigenvalue weighted by Crippen LogP contribution is -2.29. The Labute approximate surface area is 180 Å². The van der Waals surface area contributed by atoms with Crippen molar-refractivity contribution in [3.05, 3.63) is 105 Å². The van der Waals surface area contributed by atoms with E-state index >= 15 is 0 Å². The fourth-order valence-corrected chi connectivity index (χ4v) is 4.32. The zero-order chi connectivity index (χ0) is 22.5. The van der Waals surface area contributed by atoms with Gasteiger partial charge in [0.2, 0.25) is 0 Å². The van der Waals surface area contributed by atoms with Gasteiger partial charge in [0.15, 0.2) is 5.58 Å². The van der Waals surface area contributed by atoms with Crippen LogP contribution in [0.4, 0.5) is 13.2 Å². The maximum atomic E-state index is 13.6. The number of oxazole rings is 1. The van der Waals surface area contributed by atoms with E-state index in [0.717, 1.165) is 6.07 Å². The Morgan fingerprint density at radius 3 is 2.53 bits per heavy atom. The van der Waals surface area contributed by atoms with Crippen LogP contribution in [-0.2, 0) is 19.1 Å². The van der Waals surface area contributed by atoms with E-state index in [1.807, 2.05) is 0 Å². The Kier molecular flexibility index (Phi) is 4.65. The summed E-state index contributed by atoms with van der Waals surface area (Å²) in [5.74, 6) is -0.825. The second-order valence-corrected chi connectivity index (χ2v) is 7.74. The predicted octanol–water partition coefficient (Wildman–Crippen LogP) is 5.08. The zero-order valence-corrected chi connectivity index (χ0v) is 16.6. The fraction of sp³-hybridized carbons (Fsp3) is 0.167. The normalized spacial score (nSPS) is 16.0. The monoisotopic (exact) mass is 438 g/mol. The predicted molar refractivity (Wildman–Crippen MR) is 111 cm³/mol. The highest BCUT2D eigenvalue weighted by Crippen LogP contribution is 2.40. The van der Waals surface area contributed by atoms with Gasteiger partial charge in [-0.3, -0.25) is 9.78 Å². The molecule has 0 bridgehead atoms. The number of aromatic nitrogens is 1. The number of rotatable bonds is 4. The number of hydrogen-bond donors (Lipinski definition) is 1. The van der Waals surface area contributed by atoms with Crippen molar-refractivity contribution in [3.8, 4) is 0 Å². The molecule has 32 heavy (non-hydrogen) atoms. The third kappa shape index (κ3) is 3.47. The van der Waals surface area contributed by atoms with Crippen LogP contribution in [-0.4, -0.2) is 15.8 Å². The molecule has 1 aromatic heterocycles. The maximum Gasteiger partial charge on any atom is 0.417 e. The lowest BCUT2D eigenvalue weighted by molar-refractivity contribution is -0.138. The van der Waals surface area contributed by atoms with Gasteiger partial charge in [-0.05, 0) is 47.4 Å². The van der Waals surface area contributed by atoms with Crippen LogP contribution in [0.5, 0.6) is 0 Å². The van der Waals surface area contributed by atoms with Gasteiger partial charge in [-0.25, -0.2) is 4.79 Å². The van der Waals surface area contributed by atoms with Crippen LogP contribution in [0.3, 0.4) is 0 Å². The average Bonchev–Trinajstić information content (AvgIpc) is 3.25. The number of halogens is 3. The minimum Gasteiger partial charge on any atom is -0.408 e. The van der Waals surface area contributed by atoms with Gasteiger partial charge in [0.05, 0.1) is 17.1 Å². The summed E-state index contributed by atoms with van der Waals surface area (Å²) in [7, 11) is 0. The number of aromatic amines is 1. The third-order valence-electron chi connectivity index (χ3n) is 5.76. The third-order valence-corrected chi connectivity index (χ3v) is 5.76. The molecular formula is C24H17F3N2O3. The first-order valence-electron chi connectivity index (χ1n) is 9.98. The van der Waals surface area contributed by atoms with Crippen molar-refractivity contribution in [2.24, 2.45) is 0 Å². The fourth-order valence-electron chi connectivity index (χ4n) is 4.32. The first kappa shape index (κ1) is 20.1. The van der Waals surface area contributed by atoms with Gasteiger partial charge < -0.3 is 9.32 Å². The quantitative estimate of drug-likeness (QED) is 0.483. The molecule has 0 spiro atoms. The summed E-state index contributed by atoms with van der Waals surface area (Å²) < 4.78 is 45.8. The topological polar surface area (TPSA) is 66.3 Å². The molecule has 2 heterocycles. The van der Waals surface area contributed by atoms with Crippen LogP contribution >= 0.6 is 0 Å². The highest BCUT2D eigenvalue weighted by Gasteiger charge is 2.39. The van der Waals surface area contributed by atoms with Crippen molar-refractivity contribution in [2.45, 2.75) is 25.2 Å². The average molecular weight is 438 g/mol. The van der Waals surface area contributed by atoms with E-state index in [1.54, 1.807) is 53.4 Å². The molecule has 3 aromatic carbocycles. The number of H-pyrrole nitrogens is 1. The molecule has 8 heteroatoms. The first-order chi connectivity index (χ1) is 15.3. The van der Waals surface area contributed by atoms with E-state index in [9.17, 15) is 22.8 Å². The minimum absolute atomic E-state index is 0.0277. The molecule has 0 saturated heterocycles. The van der Waals surface area contributed by atoms with Crippen LogP contribution in [0.1, 0.15) is 38.7 Å². The molecule has 0 fully saturated rings. The van der Waals surface area contributed by atoms with E-state index in [4.69, 9.17) is 4.42 Å². The van der Waals surface area contributed by atoms with Crippen LogP contribution in [0.2, 0.25) is 0 Å². The largest absolute Gasteiger partial charge is 0.417 e. The summed E-state index contributed by atoms with van der Waals surface area (Å²) in [5, 5.41) is 0. The molecule has 1 aliphatic heterocycles. The van der Waals surface area contributed by atoms with Crippen molar-refractivity contribution in [2.75, 3.05) is 0 Å². The summed E-state index contributed by atoms with van der Waals surface area (Å²) in [5.41, 5.74) is 2.20. The standard InChI is InChI=1S/C24H17F3N2O3/c25-24(26,27)18-8-4-1-5-15(18)12-20-16-6-2-3-7-17(16)22(30)29(20)13-14-9-10-19-21(11-14)32-23(31)28-19/h1-11,20H,12-13H2,(H,28,31)/t20-/m1/s1. The van der Waals surface area contributed by atoms with Gasteiger partial charge in [0, 0.05) is 12.1 Å². The molecule has 162 valence electrons. The number of nitrogens with one attached hydrogen (secondary N) is 1. The molecule has 1 aliphatic rings. The lowest BCUT2D eigenvalue weighted by atomic mass is 9.95. The van der Waals surface area contributed by atoms with Crippen molar-refractivity contribution >= 4 is 17.0 Å². The van der Waals surface area contributed by atoms with Crippen LogP contribution < -0.4 is 5.76 Å². The number of hydrogen-bond acceptors (Lipinski definition) is 3. The number of carbonyl (C=O) groups excluding carboxylic acids is 1. The summed E-state index contributed by atoms with van der Waals surface area (Å²) in [6.07, 6.45) is -4.46. The minimum atomic E-state index is -4.49. The van der Waals surface area contributed by atoms with Crippen molar-refractivity contribution in [1.29, 1.82) is 0 Å². The number of carbonyl (C=O) groups is 1. The SMILES string of the molecule is O=C1c2ccccc2[C@@H](Cc2ccccc2C(F)(F)F)N1Cc1ccc2[nH]c(=O)oc2c1. The van der Waals surface area contributed by atoms with Crippen LogP contribution in [0.25, 0.3) is 11.1 Å². The van der Waals surface area contributed by atoms with Crippen molar-refractivity contribution < 1.29 is 22.4 Å². The number of fused-ring (bicyclic) bond motifs is 2. The van der Waals surface area contributed by atoms with Gasteiger partial charge in [-0.2, -0.15) is 13.2 Å². The second-order valence-electron chi connectivity index (χ2n) is 7.74. The summed E-state index contributed by atoms with van der Waals surface area (Å²) in [4.78, 5) is 28.7. The lowest BCUT2D eigenvalue weighted by Gasteiger charge is -2.27. The number of benzene rings is 3. The molecule has 5 nitrogen and oxygen atoms in total. The summed E-state index contributed by atoms with van der Waals surface area (Å²) in [6, 6.07) is 17.0. The highest BCUT2D eigenvalue weighted by molar-refractivity contribution is 5.99. The Bertz CT molecular complexity index is 1390. The van der Waals surface area contributed by atoms with Gasteiger partial charge in [0.25, 0.3) is 5.91 Å². The zero-order valence-electron chi connectivity index (χ0n) is 16.6. The van der Waals surface area contributed by atoms with Crippen LogP contribution in [0.15, 0.2) is 75.9 Å². The van der Waals surface area contributed by atoms with Gasteiger partial charge in [-0.15, -0.1) is 0 Å². The second kappa shape index (κ2) is 7.40. The van der Waals surface area contributed by atoms with E-state index in [1.165, 1.54) is 12.1 Å². The highest BCUT2D eigenvalue weighted by atomic mass is 19.4. The molecule has 5 rings (SSSR count). The molecule has 0 saturated carbocycles. The molecule has 1 N–H and O–H groups in total. The molecular weight excluding hydrogens is 421 g/mol. The molecule has 1 atom stereocenters. The molecule has 0 unspecified atom stereocenters. The molecule has 4 aromatic rings. The summed E-state index contributed by atoms with van der Waals surface area (Å²) in [6.45, 7) is 0.164. The summed E-state index contributed by atoms with van der Waals surface area (Å²) >= 11 is 0. The van der Waals surface area contributed by atoms with E-state index in [-0.39, 0.29) is 24.4 Å². The van der Waals surface area contributed by atoms with Gasteiger partial charge in [-0.1, -0.05) is 42.5 Å². The Balaban J connectivity index is 1.54. The smallest absolute Gasteiger partial charge is 0.408 e. The number of alkyl halides is 3. The number of amides is 1. The Morgan fingerprint density at radius 2 is 1.72 bits per heavy atom. The van der Waals surface area contributed by atoms with Gasteiger partial charge >= 0.3 is 11.9 Å². The first-order valence-corrected chi connectivity index (χ1v) is 9.98. The van der Waals surface area contributed by atoms with Gasteiger partial charge in [0.1, 0.15) is 0 Å². The van der Waals surface area contributed by atoms with E-state index in [2.05, 4.69) is 4.98 Å². The molecule has 0 radical (unpaired) electrons.